The highest BCUT2D eigenvalue weighted by molar-refractivity contribution is 7.86. The Morgan fingerprint density at radius 1 is 1.18 bits per heavy atom. The van der Waals surface area contributed by atoms with Crippen molar-refractivity contribution in [3.05, 3.63) is 59.7 Å². The zero-order valence-electron chi connectivity index (χ0n) is 15.7. The summed E-state index contributed by atoms with van der Waals surface area (Å²) in [4.78, 5) is 16.2. The molecule has 1 unspecified atom stereocenters. The van der Waals surface area contributed by atoms with Gasteiger partial charge in [-0.15, -0.1) is 0 Å². The highest BCUT2D eigenvalue weighted by Gasteiger charge is 2.20. The first kappa shape index (κ1) is 21.6. The van der Waals surface area contributed by atoms with Gasteiger partial charge in [-0.25, -0.2) is 4.79 Å². The summed E-state index contributed by atoms with van der Waals surface area (Å²) in [5.41, 5.74) is 2.41. The van der Waals surface area contributed by atoms with E-state index in [0.717, 1.165) is 17.4 Å². The lowest BCUT2D eigenvalue weighted by molar-refractivity contribution is 0.0695. The standard InChI is InChI=1S/C20H23NO6S/c1-26-21-12-6-9-18(27-28(2,24)25)14-17-13-16(10-11-19(17)20(22)23)15-7-4-3-5-8-15/h3-5,7-8,10-13,18H,6,9,14H2,1-2H3,(H,22,23). The Bertz CT molecular complexity index is 925. The van der Waals surface area contributed by atoms with Crippen molar-refractivity contribution >= 4 is 22.3 Å². The summed E-state index contributed by atoms with van der Waals surface area (Å²) in [5.74, 6) is -1.08. The molecule has 0 aliphatic carbocycles. The molecule has 0 amide bonds. The lowest BCUT2D eigenvalue weighted by Crippen LogP contribution is -2.21. The van der Waals surface area contributed by atoms with E-state index in [0.29, 0.717) is 18.4 Å². The molecular formula is C20H23NO6S. The number of hydrogen-bond donors (Lipinski definition) is 1. The van der Waals surface area contributed by atoms with Crippen LogP contribution in [-0.4, -0.2) is 45.2 Å². The molecule has 2 rings (SSSR count). The molecule has 28 heavy (non-hydrogen) atoms. The third-order valence-corrected chi connectivity index (χ3v) is 4.62. The van der Waals surface area contributed by atoms with Gasteiger partial charge in [0.25, 0.3) is 10.1 Å². The van der Waals surface area contributed by atoms with E-state index in [1.165, 1.54) is 19.4 Å². The van der Waals surface area contributed by atoms with Crippen LogP contribution in [0.5, 0.6) is 0 Å². The lowest BCUT2D eigenvalue weighted by Gasteiger charge is -2.17. The second kappa shape index (κ2) is 10.0. The number of aromatic carboxylic acids is 1. The van der Waals surface area contributed by atoms with E-state index in [1.807, 2.05) is 30.3 Å². The summed E-state index contributed by atoms with van der Waals surface area (Å²) in [6.45, 7) is 0. The smallest absolute Gasteiger partial charge is 0.335 e. The van der Waals surface area contributed by atoms with Gasteiger partial charge >= 0.3 is 5.97 Å². The number of oxime groups is 1. The van der Waals surface area contributed by atoms with Crippen LogP contribution in [0.3, 0.4) is 0 Å². The Kier molecular flexibility index (Phi) is 7.71. The maximum Gasteiger partial charge on any atom is 0.335 e. The highest BCUT2D eigenvalue weighted by Crippen LogP contribution is 2.25. The number of carboxylic acid groups (broad SMARTS) is 1. The van der Waals surface area contributed by atoms with E-state index in [9.17, 15) is 18.3 Å². The first-order valence-corrected chi connectivity index (χ1v) is 10.5. The zero-order valence-corrected chi connectivity index (χ0v) is 16.6. The van der Waals surface area contributed by atoms with E-state index >= 15 is 0 Å². The van der Waals surface area contributed by atoms with Crippen LogP contribution >= 0.6 is 0 Å². The number of carbonyl (C=O) groups is 1. The Labute approximate surface area is 164 Å². The molecule has 0 aliphatic rings. The quantitative estimate of drug-likeness (QED) is 0.369. The van der Waals surface area contributed by atoms with Crippen LogP contribution in [-0.2, 0) is 25.6 Å². The molecule has 0 aliphatic heterocycles. The molecule has 0 saturated carbocycles. The van der Waals surface area contributed by atoms with Crippen molar-refractivity contribution in [2.75, 3.05) is 13.4 Å². The van der Waals surface area contributed by atoms with Crippen LogP contribution < -0.4 is 0 Å². The van der Waals surface area contributed by atoms with Gasteiger partial charge in [-0.2, -0.15) is 8.42 Å². The summed E-state index contributed by atoms with van der Waals surface area (Å²) >= 11 is 0. The fraction of sp³-hybridized carbons (Fsp3) is 0.300. The Hall–Kier alpha value is -2.71. The first-order valence-electron chi connectivity index (χ1n) is 8.65. The molecule has 8 heteroatoms. The van der Waals surface area contributed by atoms with Crippen LogP contribution in [0.15, 0.2) is 53.7 Å². The largest absolute Gasteiger partial charge is 0.478 e. The minimum absolute atomic E-state index is 0.118. The first-order chi connectivity index (χ1) is 13.3. The van der Waals surface area contributed by atoms with Crippen molar-refractivity contribution in [2.24, 2.45) is 5.16 Å². The second-order valence-electron chi connectivity index (χ2n) is 6.22. The average Bonchev–Trinajstić information content (AvgIpc) is 2.64. The Balaban J connectivity index is 2.34. The Morgan fingerprint density at radius 2 is 1.89 bits per heavy atom. The summed E-state index contributed by atoms with van der Waals surface area (Å²) < 4.78 is 28.4. The van der Waals surface area contributed by atoms with E-state index in [-0.39, 0.29) is 12.0 Å². The predicted molar refractivity (Wildman–Crippen MR) is 107 cm³/mol. The third kappa shape index (κ3) is 6.79. The summed E-state index contributed by atoms with van der Waals surface area (Å²) in [5, 5.41) is 13.1. The predicted octanol–water partition coefficient (Wildman–Crippen LogP) is 3.35. The molecule has 1 N–H and O–H groups in total. The van der Waals surface area contributed by atoms with Crippen molar-refractivity contribution in [1.82, 2.24) is 0 Å². The fourth-order valence-corrected chi connectivity index (χ4v) is 3.50. The lowest BCUT2D eigenvalue weighted by atomic mass is 9.94. The summed E-state index contributed by atoms with van der Waals surface area (Å²) in [7, 11) is -2.29. The number of benzene rings is 2. The number of nitrogens with zero attached hydrogens (tertiary/aromatic N) is 1. The van der Waals surface area contributed by atoms with Crippen LogP contribution in [0.25, 0.3) is 11.1 Å². The molecule has 0 heterocycles. The van der Waals surface area contributed by atoms with Crippen LogP contribution in [0.4, 0.5) is 0 Å². The van der Waals surface area contributed by atoms with Crippen molar-refractivity contribution in [3.8, 4) is 11.1 Å². The average molecular weight is 405 g/mol. The third-order valence-electron chi connectivity index (χ3n) is 4.00. The van der Waals surface area contributed by atoms with Crippen molar-refractivity contribution in [3.63, 3.8) is 0 Å². The molecule has 0 saturated heterocycles. The molecule has 7 nitrogen and oxygen atoms in total. The van der Waals surface area contributed by atoms with E-state index in [4.69, 9.17) is 4.18 Å². The molecule has 0 radical (unpaired) electrons. The van der Waals surface area contributed by atoms with Gasteiger partial charge in [0.2, 0.25) is 0 Å². The molecule has 1 atom stereocenters. The maximum absolute atomic E-state index is 11.6. The van der Waals surface area contributed by atoms with Crippen LogP contribution in [0.2, 0.25) is 0 Å². The van der Waals surface area contributed by atoms with Crippen LogP contribution in [0, 0.1) is 0 Å². The molecule has 0 fully saturated rings. The van der Waals surface area contributed by atoms with Gasteiger partial charge < -0.3 is 9.94 Å². The minimum atomic E-state index is -3.70. The molecule has 0 spiro atoms. The van der Waals surface area contributed by atoms with Crippen molar-refractivity contribution < 1.29 is 27.3 Å². The highest BCUT2D eigenvalue weighted by atomic mass is 32.2. The zero-order chi connectivity index (χ0) is 20.6. The Morgan fingerprint density at radius 3 is 2.50 bits per heavy atom. The van der Waals surface area contributed by atoms with Gasteiger partial charge in [0.1, 0.15) is 7.11 Å². The molecule has 0 aromatic heterocycles. The second-order valence-corrected chi connectivity index (χ2v) is 7.82. The van der Waals surface area contributed by atoms with Gasteiger partial charge in [0.05, 0.1) is 17.9 Å². The van der Waals surface area contributed by atoms with Gasteiger partial charge in [-0.05, 0) is 35.6 Å². The minimum Gasteiger partial charge on any atom is -0.478 e. The number of hydrogen-bond acceptors (Lipinski definition) is 6. The van der Waals surface area contributed by atoms with Crippen LogP contribution in [0.1, 0.15) is 28.8 Å². The monoisotopic (exact) mass is 405 g/mol. The molecule has 150 valence electrons. The maximum atomic E-state index is 11.6. The van der Waals surface area contributed by atoms with Gasteiger partial charge in [-0.1, -0.05) is 47.6 Å². The number of carboxylic acids is 1. The van der Waals surface area contributed by atoms with Gasteiger partial charge in [0.15, 0.2) is 0 Å². The summed E-state index contributed by atoms with van der Waals surface area (Å²) in [6.07, 6.45) is 2.67. The van der Waals surface area contributed by atoms with Crippen molar-refractivity contribution in [1.29, 1.82) is 0 Å². The SMILES string of the molecule is CON=CCCC(Cc1cc(-c2ccccc2)ccc1C(=O)O)OS(C)(=O)=O. The van der Waals surface area contributed by atoms with E-state index in [1.54, 1.807) is 12.1 Å². The normalized spacial score (nSPS) is 12.8. The number of rotatable bonds is 10. The van der Waals surface area contributed by atoms with Gasteiger partial charge in [-0.3, -0.25) is 4.18 Å². The van der Waals surface area contributed by atoms with E-state index < -0.39 is 22.2 Å². The summed E-state index contributed by atoms with van der Waals surface area (Å²) in [6, 6.07) is 14.6. The topological polar surface area (TPSA) is 102 Å². The molecule has 2 aromatic rings. The molecule has 2 aromatic carbocycles. The van der Waals surface area contributed by atoms with Gasteiger partial charge in [0, 0.05) is 12.6 Å². The van der Waals surface area contributed by atoms with E-state index in [2.05, 4.69) is 9.99 Å². The molecule has 0 bridgehead atoms. The fourth-order valence-electron chi connectivity index (χ4n) is 2.85. The van der Waals surface area contributed by atoms with Crippen molar-refractivity contribution in [2.45, 2.75) is 25.4 Å². The molecular weight excluding hydrogens is 382 g/mol.